The van der Waals surface area contributed by atoms with Crippen LogP contribution in [0.2, 0.25) is 0 Å². The molecule has 1 aromatic heterocycles. The number of nitrogens with zero attached hydrogens (tertiary/aromatic N) is 1. The van der Waals surface area contributed by atoms with Gasteiger partial charge in [0.25, 0.3) is 5.91 Å². The molecule has 1 atom stereocenters. The number of carbonyl (C=O) groups excluding carboxylic acids is 2. The van der Waals surface area contributed by atoms with E-state index in [1.54, 1.807) is 6.92 Å². The number of hydrogen-bond donors (Lipinski definition) is 1. The van der Waals surface area contributed by atoms with E-state index in [9.17, 15) is 18.0 Å². The maximum absolute atomic E-state index is 12.9. The van der Waals surface area contributed by atoms with Gasteiger partial charge in [0.05, 0.1) is 28.1 Å². The van der Waals surface area contributed by atoms with Crippen LogP contribution >= 0.6 is 0 Å². The van der Waals surface area contributed by atoms with Gasteiger partial charge in [-0.15, -0.1) is 0 Å². The standard InChI is InChI=1S/C21H24N2O5S/c1-21(10-11-29(26,27)13-21)23-18(24)12-28-20(25)19-14-6-2-4-8-16(14)22-17-9-5-3-7-15(17)19/h2,4,6,8H,3,5,7,9-13H2,1H3,(H,23,24)/t21-/m0/s1. The summed E-state index contributed by atoms with van der Waals surface area (Å²) in [7, 11) is -3.14. The second-order valence-electron chi connectivity index (χ2n) is 8.16. The van der Waals surface area contributed by atoms with Crippen LogP contribution in [0.4, 0.5) is 0 Å². The fourth-order valence-electron chi connectivity index (χ4n) is 4.29. The predicted molar refractivity (Wildman–Crippen MR) is 108 cm³/mol. The van der Waals surface area contributed by atoms with E-state index >= 15 is 0 Å². The Labute approximate surface area is 169 Å². The molecule has 1 aromatic carbocycles. The monoisotopic (exact) mass is 416 g/mol. The third-order valence-electron chi connectivity index (χ3n) is 5.65. The van der Waals surface area contributed by atoms with Crippen LogP contribution in [0, 0.1) is 0 Å². The van der Waals surface area contributed by atoms with Crippen molar-refractivity contribution < 1.29 is 22.7 Å². The topological polar surface area (TPSA) is 102 Å². The molecule has 4 rings (SSSR count). The molecular weight excluding hydrogens is 392 g/mol. The largest absolute Gasteiger partial charge is 0.452 e. The Morgan fingerprint density at radius 3 is 2.72 bits per heavy atom. The maximum atomic E-state index is 12.9. The van der Waals surface area contributed by atoms with Crippen molar-refractivity contribution >= 4 is 32.6 Å². The van der Waals surface area contributed by atoms with Crippen molar-refractivity contribution in [3.05, 3.63) is 41.1 Å². The van der Waals surface area contributed by atoms with Gasteiger partial charge in [-0.25, -0.2) is 13.2 Å². The molecule has 0 bridgehead atoms. The van der Waals surface area contributed by atoms with E-state index in [0.29, 0.717) is 12.0 Å². The number of sulfone groups is 1. The van der Waals surface area contributed by atoms with Crippen molar-refractivity contribution in [1.82, 2.24) is 10.3 Å². The first-order valence-corrected chi connectivity index (χ1v) is 11.7. The van der Waals surface area contributed by atoms with Crippen molar-refractivity contribution in [3.8, 4) is 0 Å². The fraction of sp³-hybridized carbons (Fsp3) is 0.476. The molecule has 2 heterocycles. The summed E-state index contributed by atoms with van der Waals surface area (Å²) >= 11 is 0. The molecule has 29 heavy (non-hydrogen) atoms. The number of ether oxygens (including phenoxy) is 1. The average Bonchev–Trinajstić information content (AvgIpc) is 2.96. The summed E-state index contributed by atoms with van der Waals surface area (Å²) in [5, 5.41) is 3.44. The molecule has 1 amide bonds. The molecule has 2 aromatic rings. The summed E-state index contributed by atoms with van der Waals surface area (Å²) in [5.41, 5.74) is 2.26. The van der Waals surface area contributed by atoms with Crippen molar-refractivity contribution in [1.29, 1.82) is 0 Å². The van der Waals surface area contributed by atoms with Gasteiger partial charge in [0.1, 0.15) is 0 Å². The van der Waals surface area contributed by atoms with E-state index in [2.05, 4.69) is 5.32 Å². The molecule has 1 aliphatic heterocycles. The highest BCUT2D eigenvalue weighted by atomic mass is 32.2. The van der Waals surface area contributed by atoms with Gasteiger partial charge in [0, 0.05) is 11.1 Å². The Morgan fingerprint density at radius 1 is 1.21 bits per heavy atom. The average molecular weight is 416 g/mol. The molecule has 1 aliphatic carbocycles. The molecule has 0 unspecified atom stereocenters. The number of amides is 1. The molecule has 1 saturated heterocycles. The summed E-state index contributed by atoms with van der Waals surface area (Å²) in [6.07, 6.45) is 3.97. The number of fused-ring (bicyclic) bond motifs is 2. The lowest BCUT2D eigenvalue weighted by Crippen LogP contribution is -2.48. The first kappa shape index (κ1) is 19.8. The molecule has 0 saturated carbocycles. The zero-order chi connectivity index (χ0) is 20.6. The summed E-state index contributed by atoms with van der Waals surface area (Å²) < 4.78 is 28.7. The number of aromatic nitrogens is 1. The lowest BCUT2D eigenvalue weighted by atomic mass is 9.90. The molecule has 154 valence electrons. The van der Waals surface area contributed by atoms with E-state index in [-0.39, 0.29) is 11.5 Å². The lowest BCUT2D eigenvalue weighted by molar-refractivity contribution is -0.125. The van der Waals surface area contributed by atoms with Gasteiger partial charge in [-0.3, -0.25) is 9.78 Å². The Morgan fingerprint density at radius 2 is 1.97 bits per heavy atom. The first-order chi connectivity index (χ1) is 13.8. The zero-order valence-electron chi connectivity index (χ0n) is 16.4. The Balaban J connectivity index is 1.52. The van der Waals surface area contributed by atoms with Gasteiger partial charge in [0.2, 0.25) is 0 Å². The maximum Gasteiger partial charge on any atom is 0.339 e. The molecule has 2 aliphatic rings. The minimum Gasteiger partial charge on any atom is -0.452 e. The zero-order valence-corrected chi connectivity index (χ0v) is 17.2. The van der Waals surface area contributed by atoms with Gasteiger partial charge in [-0.05, 0) is 50.7 Å². The Kier molecular flexibility index (Phi) is 5.06. The van der Waals surface area contributed by atoms with Crippen LogP contribution in [0.1, 0.15) is 47.8 Å². The molecular formula is C21H24N2O5S. The number of esters is 1. The highest BCUT2D eigenvalue weighted by Crippen LogP contribution is 2.30. The van der Waals surface area contributed by atoms with Crippen LogP contribution in [0.15, 0.2) is 24.3 Å². The SMILES string of the molecule is C[C@]1(NC(=O)COC(=O)c2c3c(nc4ccccc24)CCCC3)CCS(=O)(=O)C1. The van der Waals surface area contributed by atoms with Crippen molar-refractivity contribution in [2.24, 2.45) is 0 Å². The number of nitrogens with one attached hydrogen (secondary N) is 1. The third-order valence-corrected chi connectivity index (χ3v) is 7.56. The minimum absolute atomic E-state index is 0.0543. The van der Waals surface area contributed by atoms with E-state index in [1.807, 2.05) is 24.3 Å². The van der Waals surface area contributed by atoms with Crippen molar-refractivity contribution in [3.63, 3.8) is 0 Å². The van der Waals surface area contributed by atoms with Crippen LogP contribution in [-0.2, 0) is 32.2 Å². The molecule has 0 spiro atoms. The number of benzene rings is 1. The van der Waals surface area contributed by atoms with Crippen molar-refractivity contribution in [2.75, 3.05) is 18.1 Å². The van der Waals surface area contributed by atoms with Gasteiger partial charge < -0.3 is 10.1 Å². The highest BCUT2D eigenvalue weighted by Gasteiger charge is 2.39. The summed E-state index contributed by atoms with van der Waals surface area (Å²) in [6.45, 7) is 1.25. The van der Waals surface area contributed by atoms with E-state index in [1.165, 1.54) is 0 Å². The van der Waals surface area contributed by atoms with Gasteiger partial charge in [0.15, 0.2) is 16.4 Å². The number of pyridine rings is 1. The number of rotatable bonds is 4. The summed E-state index contributed by atoms with van der Waals surface area (Å²) in [6, 6.07) is 7.45. The van der Waals surface area contributed by atoms with E-state index < -0.39 is 33.9 Å². The van der Waals surface area contributed by atoms with Gasteiger partial charge >= 0.3 is 5.97 Å². The smallest absolute Gasteiger partial charge is 0.339 e. The number of para-hydroxylation sites is 1. The van der Waals surface area contributed by atoms with Crippen LogP contribution in [0.25, 0.3) is 10.9 Å². The third kappa shape index (κ3) is 4.12. The summed E-state index contributed by atoms with van der Waals surface area (Å²) in [4.78, 5) is 29.9. The fourth-order valence-corrected chi connectivity index (χ4v) is 6.38. The molecule has 0 radical (unpaired) electrons. The van der Waals surface area contributed by atoms with Crippen molar-refractivity contribution in [2.45, 2.75) is 44.6 Å². The number of hydrogen-bond acceptors (Lipinski definition) is 6. The van der Waals surface area contributed by atoms with E-state index in [0.717, 1.165) is 47.8 Å². The number of carbonyl (C=O) groups is 2. The number of aryl methyl sites for hydroxylation is 1. The second kappa shape index (κ2) is 7.40. The predicted octanol–water partition coefficient (Wildman–Crippen LogP) is 1.96. The van der Waals surface area contributed by atoms with Gasteiger partial charge in [-0.2, -0.15) is 0 Å². The van der Waals surface area contributed by atoms with Crippen LogP contribution in [0.3, 0.4) is 0 Å². The quantitative estimate of drug-likeness (QED) is 0.765. The van der Waals surface area contributed by atoms with Crippen LogP contribution < -0.4 is 5.32 Å². The van der Waals surface area contributed by atoms with Crippen LogP contribution in [0.5, 0.6) is 0 Å². The molecule has 1 fully saturated rings. The van der Waals surface area contributed by atoms with Gasteiger partial charge in [-0.1, -0.05) is 18.2 Å². The minimum atomic E-state index is -3.14. The second-order valence-corrected chi connectivity index (χ2v) is 10.3. The molecule has 8 heteroatoms. The highest BCUT2D eigenvalue weighted by molar-refractivity contribution is 7.91. The molecule has 7 nitrogen and oxygen atoms in total. The Bertz CT molecular complexity index is 1100. The van der Waals surface area contributed by atoms with E-state index in [4.69, 9.17) is 9.72 Å². The normalized spacial score (nSPS) is 22.8. The summed E-state index contributed by atoms with van der Waals surface area (Å²) in [5.74, 6) is -1.08. The lowest BCUT2D eigenvalue weighted by Gasteiger charge is -2.24. The molecule has 1 N–H and O–H groups in total. The van der Waals surface area contributed by atoms with Crippen LogP contribution in [-0.4, -0.2) is 48.9 Å². The first-order valence-electron chi connectivity index (χ1n) is 9.85. The Hall–Kier alpha value is -2.48.